The van der Waals surface area contributed by atoms with Crippen LogP contribution in [0.1, 0.15) is 27.8 Å². The van der Waals surface area contributed by atoms with Crippen molar-refractivity contribution in [3.8, 4) is 0 Å². The van der Waals surface area contributed by atoms with Crippen molar-refractivity contribution in [3.63, 3.8) is 0 Å². The van der Waals surface area contributed by atoms with E-state index in [-0.39, 0.29) is 36.4 Å². The predicted molar refractivity (Wildman–Crippen MR) is 68.5 cm³/mol. The van der Waals surface area contributed by atoms with Crippen molar-refractivity contribution in [1.82, 2.24) is 9.88 Å². The number of morpholine rings is 1. The first-order chi connectivity index (χ1) is 9.52. The molecule has 2 N–H and O–H groups in total. The van der Waals surface area contributed by atoms with E-state index in [2.05, 4.69) is 4.98 Å². The Labute approximate surface area is 115 Å². The molecule has 1 amide bonds. The Balaban J connectivity index is 2.21. The lowest BCUT2D eigenvalue weighted by atomic mass is 10.1. The summed E-state index contributed by atoms with van der Waals surface area (Å²) in [6.45, 7) is 2.30. The fourth-order valence-corrected chi connectivity index (χ4v) is 2.06. The number of carboxylic acid groups (broad SMARTS) is 1. The third-order valence-electron chi connectivity index (χ3n) is 3.20. The van der Waals surface area contributed by atoms with Crippen molar-refractivity contribution in [2.75, 3.05) is 19.8 Å². The number of nitrogens with zero attached hydrogens (tertiary/aromatic N) is 2. The molecular weight excluding hydrogens is 264 g/mol. The number of aliphatic hydroxyl groups is 1. The molecule has 1 saturated heterocycles. The molecule has 108 valence electrons. The normalized spacial score (nSPS) is 22.6. The van der Waals surface area contributed by atoms with E-state index >= 15 is 0 Å². The van der Waals surface area contributed by atoms with Crippen molar-refractivity contribution in [1.29, 1.82) is 0 Å². The highest BCUT2D eigenvalue weighted by Gasteiger charge is 2.30. The van der Waals surface area contributed by atoms with Gasteiger partial charge in [0.2, 0.25) is 0 Å². The Morgan fingerprint density at radius 1 is 1.55 bits per heavy atom. The number of rotatable bonds is 3. The standard InChI is InChI=1S/C13H16N2O5/c1-8-7-20-10(6-16)5-15(8)12(17)9-2-3-14-11(4-9)13(18)19/h2-4,8,10,16H,5-7H2,1H3,(H,18,19). The summed E-state index contributed by atoms with van der Waals surface area (Å²) in [6.07, 6.45) is 0.890. The fourth-order valence-electron chi connectivity index (χ4n) is 2.06. The molecule has 20 heavy (non-hydrogen) atoms. The van der Waals surface area contributed by atoms with Crippen LogP contribution >= 0.6 is 0 Å². The molecule has 0 aromatic carbocycles. The Morgan fingerprint density at radius 2 is 2.30 bits per heavy atom. The molecule has 0 aliphatic carbocycles. The van der Waals surface area contributed by atoms with Gasteiger partial charge in [-0.25, -0.2) is 9.78 Å². The van der Waals surface area contributed by atoms with Crippen LogP contribution in [0.15, 0.2) is 18.3 Å². The van der Waals surface area contributed by atoms with E-state index in [4.69, 9.17) is 14.9 Å². The van der Waals surface area contributed by atoms with Crippen LogP contribution in [0.25, 0.3) is 0 Å². The molecule has 1 aromatic rings. The number of hydrogen-bond acceptors (Lipinski definition) is 5. The minimum absolute atomic E-state index is 0.133. The van der Waals surface area contributed by atoms with Crippen molar-refractivity contribution in [2.24, 2.45) is 0 Å². The van der Waals surface area contributed by atoms with E-state index in [0.29, 0.717) is 6.61 Å². The van der Waals surface area contributed by atoms with Crippen LogP contribution in [-0.4, -0.2) is 63.9 Å². The molecule has 2 rings (SSSR count). The van der Waals surface area contributed by atoms with Crippen LogP contribution in [0, 0.1) is 0 Å². The highest BCUT2D eigenvalue weighted by molar-refractivity contribution is 5.96. The molecule has 1 aromatic heterocycles. The summed E-state index contributed by atoms with van der Waals surface area (Å²) in [6, 6.07) is 2.60. The number of aromatic carboxylic acids is 1. The van der Waals surface area contributed by atoms with Gasteiger partial charge in [-0.15, -0.1) is 0 Å². The lowest BCUT2D eigenvalue weighted by Crippen LogP contribution is -2.52. The third kappa shape index (κ3) is 2.94. The zero-order valence-electron chi connectivity index (χ0n) is 11.0. The van der Waals surface area contributed by atoms with Crippen LogP contribution in [-0.2, 0) is 4.74 Å². The van der Waals surface area contributed by atoms with Crippen molar-refractivity contribution in [3.05, 3.63) is 29.6 Å². The predicted octanol–water partition coefficient (Wildman–Crippen LogP) is 0.00160. The quantitative estimate of drug-likeness (QED) is 0.808. The van der Waals surface area contributed by atoms with Gasteiger partial charge in [0, 0.05) is 18.3 Å². The molecule has 2 heterocycles. The highest BCUT2D eigenvalue weighted by Crippen LogP contribution is 2.16. The van der Waals surface area contributed by atoms with E-state index in [1.54, 1.807) is 4.90 Å². The molecule has 0 spiro atoms. The first-order valence-corrected chi connectivity index (χ1v) is 6.25. The van der Waals surface area contributed by atoms with Crippen LogP contribution in [0.4, 0.5) is 0 Å². The number of carbonyl (C=O) groups excluding carboxylic acids is 1. The van der Waals surface area contributed by atoms with Gasteiger partial charge in [0.25, 0.3) is 5.91 Å². The summed E-state index contributed by atoms with van der Waals surface area (Å²) >= 11 is 0. The maximum atomic E-state index is 12.4. The van der Waals surface area contributed by atoms with Crippen LogP contribution in [0.3, 0.4) is 0 Å². The second-order valence-corrected chi connectivity index (χ2v) is 4.68. The fraction of sp³-hybridized carbons (Fsp3) is 0.462. The molecule has 7 nitrogen and oxygen atoms in total. The number of ether oxygens (including phenoxy) is 1. The molecule has 1 fully saturated rings. The lowest BCUT2D eigenvalue weighted by Gasteiger charge is -2.37. The van der Waals surface area contributed by atoms with E-state index < -0.39 is 12.1 Å². The summed E-state index contributed by atoms with van der Waals surface area (Å²) < 4.78 is 5.37. The van der Waals surface area contributed by atoms with E-state index in [9.17, 15) is 9.59 Å². The molecule has 1 aliphatic rings. The molecule has 1 aliphatic heterocycles. The van der Waals surface area contributed by atoms with E-state index in [0.717, 1.165) is 0 Å². The topological polar surface area (TPSA) is 100.0 Å². The number of carbonyl (C=O) groups is 2. The molecule has 0 bridgehead atoms. The zero-order valence-corrected chi connectivity index (χ0v) is 11.0. The van der Waals surface area contributed by atoms with Gasteiger partial charge < -0.3 is 19.8 Å². The van der Waals surface area contributed by atoms with Gasteiger partial charge in [-0.3, -0.25) is 4.79 Å². The van der Waals surface area contributed by atoms with Crippen LogP contribution in [0.2, 0.25) is 0 Å². The Hall–Kier alpha value is -1.99. The number of aromatic nitrogens is 1. The van der Waals surface area contributed by atoms with Gasteiger partial charge >= 0.3 is 5.97 Å². The molecule has 0 saturated carbocycles. The van der Waals surface area contributed by atoms with Crippen molar-refractivity contribution in [2.45, 2.75) is 19.1 Å². The molecule has 7 heteroatoms. The average molecular weight is 280 g/mol. The first-order valence-electron chi connectivity index (χ1n) is 6.25. The third-order valence-corrected chi connectivity index (χ3v) is 3.20. The van der Waals surface area contributed by atoms with Gasteiger partial charge in [-0.05, 0) is 19.1 Å². The molecular formula is C13H16N2O5. The number of carboxylic acids is 1. The highest BCUT2D eigenvalue weighted by atomic mass is 16.5. The summed E-state index contributed by atoms with van der Waals surface area (Å²) in [5.74, 6) is -1.47. The van der Waals surface area contributed by atoms with Gasteiger partial charge in [0.05, 0.1) is 25.4 Å². The van der Waals surface area contributed by atoms with Crippen molar-refractivity contribution < 1.29 is 24.5 Å². The van der Waals surface area contributed by atoms with E-state index in [1.165, 1.54) is 18.3 Å². The smallest absolute Gasteiger partial charge is 0.354 e. The number of amides is 1. The monoisotopic (exact) mass is 280 g/mol. The lowest BCUT2D eigenvalue weighted by molar-refractivity contribution is -0.0667. The van der Waals surface area contributed by atoms with E-state index in [1.807, 2.05) is 6.92 Å². The molecule has 2 unspecified atom stereocenters. The summed E-state index contributed by atoms with van der Waals surface area (Å²) in [5, 5.41) is 18.0. The Morgan fingerprint density at radius 3 is 2.95 bits per heavy atom. The van der Waals surface area contributed by atoms with Crippen LogP contribution in [0.5, 0.6) is 0 Å². The second kappa shape index (κ2) is 5.98. The Bertz CT molecular complexity index is 519. The SMILES string of the molecule is CC1COC(CO)CN1C(=O)c1ccnc(C(=O)O)c1. The second-order valence-electron chi connectivity index (χ2n) is 4.68. The summed E-state index contributed by atoms with van der Waals surface area (Å²) in [7, 11) is 0. The maximum Gasteiger partial charge on any atom is 0.354 e. The van der Waals surface area contributed by atoms with Crippen molar-refractivity contribution >= 4 is 11.9 Å². The number of aliphatic hydroxyl groups excluding tert-OH is 1. The molecule has 0 radical (unpaired) electrons. The van der Waals surface area contributed by atoms with Gasteiger partial charge in [0.15, 0.2) is 0 Å². The number of pyridine rings is 1. The number of hydrogen-bond donors (Lipinski definition) is 2. The summed E-state index contributed by atoms with van der Waals surface area (Å²) in [5.41, 5.74) is 0.0957. The summed E-state index contributed by atoms with van der Waals surface area (Å²) in [4.78, 5) is 28.5. The first kappa shape index (κ1) is 14.4. The Kier molecular flexibility index (Phi) is 4.31. The zero-order chi connectivity index (χ0) is 14.7. The maximum absolute atomic E-state index is 12.4. The minimum Gasteiger partial charge on any atom is -0.477 e. The van der Waals surface area contributed by atoms with Gasteiger partial charge in [-0.2, -0.15) is 0 Å². The van der Waals surface area contributed by atoms with Gasteiger partial charge in [-0.1, -0.05) is 0 Å². The minimum atomic E-state index is -1.18. The molecule has 2 atom stereocenters. The van der Waals surface area contributed by atoms with Crippen LogP contribution < -0.4 is 0 Å². The average Bonchev–Trinajstić information content (AvgIpc) is 2.47. The largest absolute Gasteiger partial charge is 0.477 e. The van der Waals surface area contributed by atoms with Gasteiger partial charge in [0.1, 0.15) is 5.69 Å².